The van der Waals surface area contributed by atoms with E-state index < -0.39 is 24.0 Å². The number of nitrogens with zero attached hydrogens (tertiary/aromatic N) is 1. The number of carboxylic acids is 1. The molecule has 0 saturated heterocycles. The first-order valence-corrected chi connectivity index (χ1v) is 6.81. The van der Waals surface area contributed by atoms with Crippen molar-refractivity contribution in [2.75, 3.05) is 20.2 Å². The maximum Gasteiger partial charge on any atom is 0.326 e. The fourth-order valence-electron chi connectivity index (χ4n) is 1.65. The predicted molar refractivity (Wildman–Crippen MR) is 73.4 cm³/mol. The fraction of sp³-hybridized carbons (Fsp3) is 0.769. The summed E-state index contributed by atoms with van der Waals surface area (Å²) in [7, 11) is 1.24. The number of hydrogen-bond donors (Lipinski definition) is 2. The molecule has 0 aromatic carbocycles. The summed E-state index contributed by atoms with van der Waals surface area (Å²) in [6, 6.07) is -1.49. The summed E-state index contributed by atoms with van der Waals surface area (Å²) in [5, 5.41) is 11.5. The molecule has 7 heteroatoms. The largest absolute Gasteiger partial charge is 0.480 e. The average molecular weight is 288 g/mol. The second-order valence-electron chi connectivity index (χ2n) is 4.48. The van der Waals surface area contributed by atoms with Gasteiger partial charge in [-0.25, -0.2) is 9.59 Å². The molecule has 1 atom stereocenters. The molecule has 0 radical (unpaired) electrons. The number of carbonyl (C=O) groups excluding carboxylic acids is 2. The Morgan fingerprint density at radius 3 is 2.35 bits per heavy atom. The molecule has 7 nitrogen and oxygen atoms in total. The van der Waals surface area contributed by atoms with E-state index in [2.05, 4.69) is 10.1 Å². The van der Waals surface area contributed by atoms with E-state index in [4.69, 9.17) is 5.11 Å². The van der Waals surface area contributed by atoms with Crippen LogP contribution in [-0.2, 0) is 14.3 Å². The molecule has 0 aliphatic heterocycles. The summed E-state index contributed by atoms with van der Waals surface area (Å²) >= 11 is 0. The molecule has 2 N–H and O–H groups in total. The number of rotatable bonds is 9. The van der Waals surface area contributed by atoms with Crippen molar-refractivity contribution in [3.05, 3.63) is 0 Å². The van der Waals surface area contributed by atoms with Crippen LogP contribution >= 0.6 is 0 Å². The van der Waals surface area contributed by atoms with Crippen LogP contribution in [0, 0.1) is 0 Å². The number of aliphatic carboxylic acids is 1. The van der Waals surface area contributed by atoms with E-state index in [1.165, 1.54) is 12.0 Å². The number of amides is 2. The van der Waals surface area contributed by atoms with E-state index in [1.807, 2.05) is 13.8 Å². The Morgan fingerprint density at radius 2 is 1.90 bits per heavy atom. The number of carbonyl (C=O) groups is 3. The van der Waals surface area contributed by atoms with E-state index in [9.17, 15) is 14.4 Å². The first kappa shape index (κ1) is 18.2. The summed E-state index contributed by atoms with van der Waals surface area (Å²) in [6.45, 7) is 3.99. The van der Waals surface area contributed by atoms with E-state index in [0.29, 0.717) is 25.8 Å². The second kappa shape index (κ2) is 10.1. The van der Waals surface area contributed by atoms with Crippen LogP contribution in [0.4, 0.5) is 4.79 Å². The van der Waals surface area contributed by atoms with Gasteiger partial charge in [0.1, 0.15) is 12.6 Å². The summed E-state index contributed by atoms with van der Waals surface area (Å²) in [6.07, 6.45) is 2.59. The van der Waals surface area contributed by atoms with E-state index >= 15 is 0 Å². The van der Waals surface area contributed by atoms with Gasteiger partial charge in [0.25, 0.3) is 0 Å². The minimum atomic E-state index is -1.07. The molecule has 0 aromatic rings. The molecule has 2 amide bonds. The van der Waals surface area contributed by atoms with Gasteiger partial charge >= 0.3 is 18.0 Å². The van der Waals surface area contributed by atoms with Crippen LogP contribution in [0.25, 0.3) is 0 Å². The van der Waals surface area contributed by atoms with Crippen molar-refractivity contribution in [2.24, 2.45) is 0 Å². The lowest BCUT2D eigenvalue weighted by Gasteiger charge is -2.23. The van der Waals surface area contributed by atoms with Gasteiger partial charge in [-0.3, -0.25) is 4.79 Å². The zero-order chi connectivity index (χ0) is 15.5. The van der Waals surface area contributed by atoms with Crippen molar-refractivity contribution in [1.29, 1.82) is 0 Å². The molecule has 0 spiro atoms. The Hall–Kier alpha value is -1.79. The fourth-order valence-corrected chi connectivity index (χ4v) is 1.65. The maximum atomic E-state index is 12.0. The van der Waals surface area contributed by atoms with Crippen molar-refractivity contribution in [3.8, 4) is 0 Å². The Bertz CT molecular complexity index is 333. The molecule has 0 unspecified atom stereocenters. The van der Waals surface area contributed by atoms with E-state index in [1.54, 1.807) is 0 Å². The van der Waals surface area contributed by atoms with Crippen LogP contribution < -0.4 is 5.32 Å². The molecular formula is C13H24N2O5. The third kappa shape index (κ3) is 6.96. The Balaban J connectivity index is 4.61. The monoisotopic (exact) mass is 288 g/mol. The highest BCUT2D eigenvalue weighted by molar-refractivity contribution is 5.85. The number of urea groups is 1. The highest BCUT2D eigenvalue weighted by Gasteiger charge is 2.23. The lowest BCUT2D eigenvalue weighted by Crippen LogP contribution is -2.49. The second-order valence-corrected chi connectivity index (χ2v) is 4.48. The van der Waals surface area contributed by atoms with Crippen molar-refractivity contribution >= 4 is 18.0 Å². The van der Waals surface area contributed by atoms with Crippen LogP contribution in [0.15, 0.2) is 0 Å². The van der Waals surface area contributed by atoms with Crippen molar-refractivity contribution in [3.63, 3.8) is 0 Å². The summed E-state index contributed by atoms with van der Waals surface area (Å²) in [5.74, 6) is -1.60. The minimum absolute atomic E-state index is 0.184. The third-order valence-electron chi connectivity index (χ3n) is 2.77. The Morgan fingerprint density at radius 1 is 1.25 bits per heavy atom. The summed E-state index contributed by atoms with van der Waals surface area (Å²) < 4.78 is 4.52. The van der Waals surface area contributed by atoms with Gasteiger partial charge in [0.2, 0.25) is 0 Å². The normalized spacial score (nSPS) is 11.6. The van der Waals surface area contributed by atoms with Gasteiger partial charge in [0.15, 0.2) is 0 Å². The molecule has 0 aliphatic carbocycles. The molecule has 0 rings (SSSR count). The minimum Gasteiger partial charge on any atom is -0.480 e. The molecule has 0 bridgehead atoms. The van der Waals surface area contributed by atoms with Crippen LogP contribution in [0.2, 0.25) is 0 Å². The summed E-state index contributed by atoms with van der Waals surface area (Å²) in [4.78, 5) is 35.6. The highest BCUT2D eigenvalue weighted by Crippen LogP contribution is 2.03. The predicted octanol–water partition coefficient (Wildman–Crippen LogP) is 1.22. The van der Waals surface area contributed by atoms with Crippen molar-refractivity contribution < 1.29 is 24.2 Å². The summed E-state index contributed by atoms with van der Waals surface area (Å²) in [5.41, 5.74) is 0. The SMILES string of the molecule is CCCC[C@H](NC(=O)N(CCC)CC(=O)OC)C(=O)O. The van der Waals surface area contributed by atoms with Gasteiger partial charge in [-0.1, -0.05) is 26.7 Å². The molecule has 0 fully saturated rings. The number of esters is 1. The van der Waals surface area contributed by atoms with Crippen LogP contribution in [-0.4, -0.2) is 54.2 Å². The molecule has 20 heavy (non-hydrogen) atoms. The first-order valence-electron chi connectivity index (χ1n) is 6.81. The number of nitrogens with one attached hydrogen (secondary N) is 1. The molecule has 0 aromatic heterocycles. The van der Waals surface area contributed by atoms with Crippen LogP contribution in [0.5, 0.6) is 0 Å². The average Bonchev–Trinajstić information content (AvgIpc) is 2.42. The van der Waals surface area contributed by atoms with Crippen molar-refractivity contribution in [1.82, 2.24) is 10.2 Å². The lowest BCUT2D eigenvalue weighted by atomic mass is 10.1. The number of carboxylic acid groups (broad SMARTS) is 1. The molecule has 116 valence electrons. The first-order chi connectivity index (χ1) is 9.46. The number of hydrogen-bond acceptors (Lipinski definition) is 4. The maximum absolute atomic E-state index is 12.0. The zero-order valence-corrected chi connectivity index (χ0v) is 12.3. The Kier molecular flexibility index (Phi) is 9.15. The highest BCUT2D eigenvalue weighted by atomic mass is 16.5. The number of unbranched alkanes of at least 4 members (excludes halogenated alkanes) is 1. The molecule has 0 aliphatic rings. The quantitative estimate of drug-likeness (QED) is 0.622. The molecule has 0 saturated carbocycles. The van der Waals surface area contributed by atoms with Gasteiger partial charge in [0.05, 0.1) is 7.11 Å². The zero-order valence-electron chi connectivity index (χ0n) is 12.3. The van der Waals surface area contributed by atoms with Gasteiger partial charge in [-0.05, 0) is 12.8 Å². The van der Waals surface area contributed by atoms with Crippen LogP contribution in [0.3, 0.4) is 0 Å². The molecular weight excluding hydrogens is 264 g/mol. The number of methoxy groups -OCH3 is 1. The van der Waals surface area contributed by atoms with Gasteiger partial charge in [-0.2, -0.15) is 0 Å². The topological polar surface area (TPSA) is 95.9 Å². The van der Waals surface area contributed by atoms with Crippen LogP contribution in [0.1, 0.15) is 39.5 Å². The lowest BCUT2D eigenvalue weighted by molar-refractivity contribution is -0.141. The third-order valence-corrected chi connectivity index (χ3v) is 2.77. The van der Waals surface area contributed by atoms with E-state index in [0.717, 1.165) is 6.42 Å². The molecule has 0 heterocycles. The number of ether oxygens (including phenoxy) is 1. The smallest absolute Gasteiger partial charge is 0.326 e. The van der Waals surface area contributed by atoms with Crippen molar-refractivity contribution in [2.45, 2.75) is 45.6 Å². The standard InChI is InChI=1S/C13H24N2O5/c1-4-6-7-10(12(17)18)14-13(19)15(8-5-2)9-11(16)20-3/h10H,4-9H2,1-3H3,(H,14,19)(H,17,18)/t10-/m0/s1. The Labute approximate surface area is 119 Å². The van der Waals surface area contributed by atoms with Gasteiger partial charge in [0, 0.05) is 6.54 Å². The van der Waals surface area contributed by atoms with Gasteiger partial charge < -0.3 is 20.1 Å². The van der Waals surface area contributed by atoms with Gasteiger partial charge in [-0.15, -0.1) is 0 Å². The van der Waals surface area contributed by atoms with E-state index in [-0.39, 0.29) is 6.54 Å².